The van der Waals surface area contributed by atoms with E-state index in [1.807, 2.05) is 6.92 Å². The van der Waals surface area contributed by atoms with Gasteiger partial charge in [-0.3, -0.25) is 15.3 Å². The van der Waals surface area contributed by atoms with Crippen molar-refractivity contribution in [2.45, 2.75) is 70.8 Å². The van der Waals surface area contributed by atoms with Crippen molar-refractivity contribution < 1.29 is 24.6 Å². The third kappa shape index (κ3) is 8.83. The predicted molar refractivity (Wildman–Crippen MR) is 89.1 cm³/mol. The number of carboxylic acid groups (broad SMARTS) is 1. The van der Waals surface area contributed by atoms with Crippen LogP contribution >= 0.6 is 0 Å². The predicted octanol–water partition coefficient (Wildman–Crippen LogP) is 2.76. The highest BCUT2D eigenvalue weighted by Crippen LogP contribution is 2.12. The molecule has 0 radical (unpaired) electrons. The lowest BCUT2D eigenvalue weighted by Gasteiger charge is -2.15. The molecule has 0 saturated carbocycles. The van der Waals surface area contributed by atoms with E-state index in [0.717, 1.165) is 38.5 Å². The molecule has 8 nitrogen and oxygen atoms in total. The van der Waals surface area contributed by atoms with Gasteiger partial charge in [0.25, 0.3) is 0 Å². The highest BCUT2D eigenvalue weighted by molar-refractivity contribution is 6.01. The van der Waals surface area contributed by atoms with E-state index in [1.54, 1.807) is 0 Å². The van der Waals surface area contributed by atoms with Crippen LogP contribution in [0.4, 0.5) is 4.79 Å². The average molecular weight is 343 g/mol. The van der Waals surface area contributed by atoms with E-state index >= 15 is 0 Å². The number of guanidine groups is 1. The standard InChI is InChI=1S/C16H29N3O5/c1-13-9-7-5-3-2-4-6-8-10-14(20)18-15(17-11-12-24-13)19(23)16(21)22/h13,23H,2-12H2,1H3,(H,21,22)(H,17,18,20). The molecule has 0 saturated heterocycles. The fraction of sp³-hybridized carbons (Fsp3) is 0.812. The molecular weight excluding hydrogens is 314 g/mol. The van der Waals surface area contributed by atoms with Gasteiger partial charge in [-0.25, -0.2) is 9.79 Å². The van der Waals surface area contributed by atoms with Crippen LogP contribution in [-0.4, -0.2) is 52.6 Å². The molecule has 1 heterocycles. The van der Waals surface area contributed by atoms with Crippen LogP contribution in [0.15, 0.2) is 4.99 Å². The van der Waals surface area contributed by atoms with Crippen molar-refractivity contribution in [3.8, 4) is 0 Å². The molecule has 8 heteroatoms. The second-order valence-corrected chi connectivity index (χ2v) is 6.04. The summed E-state index contributed by atoms with van der Waals surface area (Å²) in [6, 6.07) is 0. The van der Waals surface area contributed by atoms with Gasteiger partial charge in [-0.15, -0.1) is 5.06 Å². The molecule has 3 N–H and O–H groups in total. The molecule has 1 unspecified atom stereocenters. The Morgan fingerprint density at radius 1 is 1.21 bits per heavy atom. The second kappa shape index (κ2) is 11.8. The van der Waals surface area contributed by atoms with E-state index in [0.29, 0.717) is 6.61 Å². The van der Waals surface area contributed by atoms with Crippen molar-refractivity contribution in [2.24, 2.45) is 4.99 Å². The summed E-state index contributed by atoms with van der Waals surface area (Å²) in [6.07, 6.45) is 7.22. The summed E-state index contributed by atoms with van der Waals surface area (Å²) in [4.78, 5) is 26.7. The Morgan fingerprint density at radius 3 is 2.50 bits per heavy atom. The van der Waals surface area contributed by atoms with Gasteiger partial charge in [0.1, 0.15) is 0 Å². The van der Waals surface area contributed by atoms with Crippen LogP contribution in [0.1, 0.15) is 64.7 Å². The van der Waals surface area contributed by atoms with Crippen LogP contribution in [0.5, 0.6) is 0 Å². The number of nitrogens with zero attached hydrogens (tertiary/aromatic N) is 2. The maximum atomic E-state index is 11.9. The maximum absolute atomic E-state index is 11.9. The zero-order valence-corrected chi connectivity index (χ0v) is 14.4. The molecule has 0 aromatic carbocycles. The highest BCUT2D eigenvalue weighted by Gasteiger charge is 2.18. The molecule has 1 aliphatic rings. The Hall–Kier alpha value is -1.67. The summed E-state index contributed by atoms with van der Waals surface area (Å²) in [5.41, 5.74) is 0. The van der Waals surface area contributed by atoms with Crippen molar-refractivity contribution >= 4 is 18.0 Å². The fourth-order valence-electron chi connectivity index (χ4n) is 2.53. The Kier molecular flexibility index (Phi) is 10.0. The number of rotatable bonds is 0. The van der Waals surface area contributed by atoms with E-state index < -0.39 is 6.09 Å². The van der Waals surface area contributed by atoms with E-state index in [-0.39, 0.29) is 36.0 Å². The zero-order valence-electron chi connectivity index (χ0n) is 14.4. The third-order valence-electron chi connectivity index (χ3n) is 3.90. The Bertz CT molecular complexity index is 428. The maximum Gasteiger partial charge on any atom is 0.438 e. The first-order valence-electron chi connectivity index (χ1n) is 8.68. The first-order chi connectivity index (χ1) is 11.5. The zero-order chi connectivity index (χ0) is 17.8. The summed E-state index contributed by atoms with van der Waals surface area (Å²) >= 11 is 0. The molecule has 1 atom stereocenters. The van der Waals surface area contributed by atoms with Gasteiger partial charge in [0.2, 0.25) is 11.9 Å². The molecular formula is C16H29N3O5. The lowest BCUT2D eigenvalue weighted by Crippen LogP contribution is -2.45. The molecule has 0 fully saturated rings. The monoisotopic (exact) mass is 343 g/mol. The topological polar surface area (TPSA) is 111 Å². The fourth-order valence-corrected chi connectivity index (χ4v) is 2.53. The van der Waals surface area contributed by atoms with Crippen LogP contribution in [0.3, 0.4) is 0 Å². The summed E-state index contributed by atoms with van der Waals surface area (Å²) in [5.74, 6) is -0.735. The van der Waals surface area contributed by atoms with Gasteiger partial charge in [-0.1, -0.05) is 38.5 Å². The van der Waals surface area contributed by atoms with Crippen LogP contribution in [0.2, 0.25) is 0 Å². The third-order valence-corrected chi connectivity index (χ3v) is 3.90. The van der Waals surface area contributed by atoms with Gasteiger partial charge in [0.15, 0.2) is 0 Å². The molecule has 1 aliphatic heterocycles. The minimum atomic E-state index is -1.60. The van der Waals surface area contributed by atoms with Crippen LogP contribution < -0.4 is 5.32 Å². The van der Waals surface area contributed by atoms with Gasteiger partial charge >= 0.3 is 6.09 Å². The normalized spacial score (nSPS) is 22.8. The molecule has 0 spiro atoms. The quantitative estimate of drug-likeness (QED) is 0.462. The lowest BCUT2D eigenvalue weighted by atomic mass is 10.1. The molecule has 0 aromatic heterocycles. The number of carbonyl (C=O) groups is 2. The number of hydroxylamine groups is 2. The lowest BCUT2D eigenvalue weighted by molar-refractivity contribution is -0.120. The first kappa shape index (κ1) is 20.4. The van der Waals surface area contributed by atoms with Gasteiger partial charge in [0, 0.05) is 6.42 Å². The van der Waals surface area contributed by atoms with E-state index in [4.69, 9.17) is 9.84 Å². The molecule has 0 bridgehead atoms. The van der Waals surface area contributed by atoms with Crippen LogP contribution in [0.25, 0.3) is 0 Å². The summed E-state index contributed by atoms with van der Waals surface area (Å²) in [5, 5.41) is 20.6. The van der Waals surface area contributed by atoms with Gasteiger partial charge in [0.05, 0.1) is 19.3 Å². The second-order valence-electron chi connectivity index (χ2n) is 6.04. The van der Waals surface area contributed by atoms with Crippen molar-refractivity contribution in [3.05, 3.63) is 0 Å². The molecule has 1 rings (SSSR count). The largest absolute Gasteiger partial charge is 0.463 e. The average Bonchev–Trinajstić information content (AvgIpc) is 2.54. The summed E-state index contributed by atoms with van der Waals surface area (Å²) < 4.78 is 5.62. The van der Waals surface area contributed by atoms with Crippen molar-refractivity contribution in [3.63, 3.8) is 0 Å². The Morgan fingerprint density at radius 2 is 1.83 bits per heavy atom. The number of hydrogen-bond donors (Lipinski definition) is 3. The summed E-state index contributed by atoms with van der Waals surface area (Å²) in [7, 11) is 0. The number of aliphatic imine (C=N–C) groups is 1. The SMILES string of the molecule is CC1CCCCCCCCCC(=O)NC(N(O)C(=O)O)=NCCO1. The minimum Gasteiger partial charge on any atom is -0.463 e. The number of amides is 2. The van der Waals surface area contributed by atoms with Crippen molar-refractivity contribution in [1.82, 2.24) is 10.4 Å². The molecule has 0 aliphatic carbocycles. The number of carbonyl (C=O) groups excluding carboxylic acids is 1. The Labute approximate surface area is 142 Å². The molecule has 24 heavy (non-hydrogen) atoms. The number of hydrogen-bond acceptors (Lipinski definition) is 5. The van der Waals surface area contributed by atoms with E-state index in [9.17, 15) is 14.8 Å². The van der Waals surface area contributed by atoms with Crippen molar-refractivity contribution in [2.75, 3.05) is 13.2 Å². The highest BCUT2D eigenvalue weighted by atomic mass is 16.6. The molecule has 138 valence electrons. The number of nitrogens with one attached hydrogen (secondary N) is 1. The minimum absolute atomic E-state index is 0.0739. The van der Waals surface area contributed by atoms with Gasteiger partial charge < -0.3 is 9.84 Å². The molecule has 2 amide bonds. The van der Waals surface area contributed by atoms with Crippen LogP contribution in [-0.2, 0) is 9.53 Å². The molecule has 0 aromatic rings. The van der Waals surface area contributed by atoms with Crippen LogP contribution in [0, 0.1) is 0 Å². The van der Waals surface area contributed by atoms with Gasteiger partial charge in [-0.05, 0) is 19.8 Å². The Balaban J connectivity index is 2.64. The number of ether oxygens (including phenoxy) is 1. The first-order valence-corrected chi connectivity index (χ1v) is 8.68. The van der Waals surface area contributed by atoms with E-state index in [2.05, 4.69) is 10.3 Å². The van der Waals surface area contributed by atoms with E-state index in [1.165, 1.54) is 12.8 Å². The summed E-state index contributed by atoms with van der Waals surface area (Å²) in [6.45, 7) is 2.45. The van der Waals surface area contributed by atoms with Crippen molar-refractivity contribution in [1.29, 1.82) is 0 Å². The van der Waals surface area contributed by atoms with Gasteiger partial charge in [-0.2, -0.15) is 0 Å². The smallest absolute Gasteiger partial charge is 0.438 e.